The lowest BCUT2D eigenvalue weighted by molar-refractivity contribution is -0.384. The van der Waals surface area contributed by atoms with Crippen molar-refractivity contribution in [3.63, 3.8) is 0 Å². The standard InChI is InChI=1S/C12H9ClN4O4/c13-8-1-6-12(17(20)21)11(7-8)15-14-9-2-4-10(5-3-9)16(18)19/h1-7,14-15H. The van der Waals surface area contributed by atoms with Crippen LogP contribution < -0.4 is 10.9 Å². The zero-order chi connectivity index (χ0) is 15.4. The number of nitro groups is 2. The van der Waals surface area contributed by atoms with E-state index in [0.29, 0.717) is 10.7 Å². The van der Waals surface area contributed by atoms with Crippen molar-refractivity contribution in [3.8, 4) is 0 Å². The maximum Gasteiger partial charge on any atom is 0.294 e. The highest BCUT2D eigenvalue weighted by Crippen LogP contribution is 2.27. The average Bonchev–Trinajstić information content (AvgIpc) is 2.45. The number of rotatable bonds is 5. The molecular formula is C12H9ClN4O4. The molecule has 108 valence electrons. The highest BCUT2D eigenvalue weighted by atomic mass is 35.5. The summed E-state index contributed by atoms with van der Waals surface area (Å²) in [6, 6.07) is 9.67. The first-order chi connectivity index (χ1) is 9.97. The summed E-state index contributed by atoms with van der Waals surface area (Å²) in [7, 11) is 0. The van der Waals surface area contributed by atoms with Crippen molar-refractivity contribution in [2.45, 2.75) is 0 Å². The lowest BCUT2D eigenvalue weighted by Crippen LogP contribution is -2.10. The molecule has 0 saturated heterocycles. The molecule has 0 bridgehead atoms. The van der Waals surface area contributed by atoms with Crippen LogP contribution in [0.5, 0.6) is 0 Å². The van der Waals surface area contributed by atoms with E-state index in [0.717, 1.165) is 0 Å². The van der Waals surface area contributed by atoms with Crippen LogP contribution in [0.4, 0.5) is 22.7 Å². The summed E-state index contributed by atoms with van der Waals surface area (Å²) >= 11 is 5.79. The van der Waals surface area contributed by atoms with Crippen LogP contribution in [0.3, 0.4) is 0 Å². The van der Waals surface area contributed by atoms with Gasteiger partial charge < -0.3 is 5.43 Å². The number of halogens is 1. The first-order valence-electron chi connectivity index (χ1n) is 5.68. The number of hydrazine groups is 1. The van der Waals surface area contributed by atoms with Crippen LogP contribution in [0.2, 0.25) is 5.02 Å². The molecule has 2 rings (SSSR count). The van der Waals surface area contributed by atoms with E-state index in [9.17, 15) is 20.2 Å². The van der Waals surface area contributed by atoms with E-state index in [1.807, 2.05) is 0 Å². The predicted molar refractivity (Wildman–Crippen MR) is 78.4 cm³/mol. The number of benzene rings is 2. The van der Waals surface area contributed by atoms with Gasteiger partial charge in [0.15, 0.2) is 0 Å². The number of nitro benzene ring substituents is 2. The van der Waals surface area contributed by atoms with Crippen molar-refractivity contribution in [2.75, 3.05) is 10.9 Å². The lowest BCUT2D eigenvalue weighted by atomic mass is 10.2. The van der Waals surface area contributed by atoms with E-state index in [4.69, 9.17) is 11.6 Å². The minimum absolute atomic E-state index is 0.0470. The van der Waals surface area contributed by atoms with Crippen molar-refractivity contribution in [1.29, 1.82) is 0 Å². The zero-order valence-electron chi connectivity index (χ0n) is 10.4. The maximum absolute atomic E-state index is 10.9. The van der Waals surface area contributed by atoms with Crippen LogP contribution in [0.1, 0.15) is 0 Å². The molecule has 0 amide bonds. The van der Waals surface area contributed by atoms with Gasteiger partial charge in [0.1, 0.15) is 5.69 Å². The molecule has 0 aliphatic rings. The molecule has 0 unspecified atom stereocenters. The van der Waals surface area contributed by atoms with Gasteiger partial charge in [-0.25, -0.2) is 0 Å². The van der Waals surface area contributed by atoms with Gasteiger partial charge in [-0.05, 0) is 24.3 Å². The molecule has 21 heavy (non-hydrogen) atoms. The third kappa shape index (κ3) is 3.57. The van der Waals surface area contributed by atoms with Crippen LogP contribution in [-0.2, 0) is 0 Å². The van der Waals surface area contributed by atoms with Crippen LogP contribution in [0.15, 0.2) is 42.5 Å². The quantitative estimate of drug-likeness (QED) is 0.645. The number of hydrogen-bond acceptors (Lipinski definition) is 6. The van der Waals surface area contributed by atoms with Gasteiger partial charge in [-0.2, -0.15) is 0 Å². The Kier molecular flexibility index (Phi) is 4.19. The topological polar surface area (TPSA) is 110 Å². The summed E-state index contributed by atoms with van der Waals surface area (Å²) in [4.78, 5) is 20.4. The van der Waals surface area contributed by atoms with Crippen molar-refractivity contribution in [3.05, 3.63) is 67.7 Å². The minimum atomic E-state index is -0.545. The Morgan fingerprint density at radius 2 is 1.57 bits per heavy atom. The van der Waals surface area contributed by atoms with Crippen LogP contribution in [0.25, 0.3) is 0 Å². The fraction of sp³-hybridized carbons (Fsp3) is 0. The Hall–Kier alpha value is -2.87. The Morgan fingerprint density at radius 3 is 2.14 bits per heavy atom. The van der Waals surface area contributed by atoms with Gasteiger partial charge in [0.2, 0.25) is 0 Å². The molecule has 0 aliphatic heterocycles. The fourth-order valence-electron chi connectivity index (χ4n) is 1.57. The highest BCUT2D eigenvalue weighted by molar-refractivity contribution is 6.31. The molecule has 2 N–H and O–H groups in total. The van der Waals surface area contributed by atoms with Gasteiger partial charge in [-0.3, -0.25) is 25.7 Å². The number of hydrogen-bond donors (Lipinski definition) is 2. The highest BCUT2D eigenvalue weighted by Gasteiger charge is 2.13. The summed E-state index contributed by atoms with van der Waals surface area (Å²) < 4.78 is 0. The molecule has 0 spiro atoms. The van der Waals surface area contributed by atoms with E-state index < -0.39 is 9.85 Å². The van der Waals surface area contributed by atoms with Gasteiger partial charge in [0.25, 0.3) is 11.4 Å². The van der Waals surface area contributed by atoms with E-state index in [1.54, 1.807) is 0 Å². The van der Waals surface area contributed by atoms with Gasteiger partial charge in [0.05, 0.1) is 15.5 Å². The maximum atomic E-state index is 10.9. The Morgan fingerprint density at radius 1 is 0.905 bits per heavy atom. The normalized spacial score (nSPS) is 9.95. The average molecular weight is 309 g/mol. The van der Waals surface area contributed by atoms with Gasteiger partial charge in [0, 0.05) is 23.2 Å². The van der Waals surface area contributed by atoms with Crippen molar-refractivity contribution in [2.24, 2.45) is 0 Å². The van der Waals surface area contributed by atoms with Gasteiger partial charge in [-0.1, -0.05) is 11.6 Å². The molecule has 0 aliphatic carbocycles. The molecule has 0 atom stereocenters. The van der Waals surface area contributed by atoms with E-state index in [-0.39, 0.29) is 17.1 Å². The minimum Gasteiger partial charge on any atom is -0.301 e. The zero-order valence-corrected chi connectivity index (χ0v) is 11.2. The Bertz CT molecular complexity index is 690. The summed E-state index contributed by atoms with van der Waals surface area (Å²) in [6.45, 7) is 0. The molecule has 0 saturated carbocycles. The second kappa shape index (κ2) is 6.06. The van der Waals surface area contributed by atoms with Crippen LogP contribution in [0, 0.1) is 20.2 Å². The van der Waals surface area contributed by atoms with E-state index in [1.165, 1.54) is 42.5 Å². The van der Waals surface area contributed by atoms with E-state index in [2.05, 4.69) is 10.9 Å². The van der Waals surface area contributed by atoms with Gasteiger partial charge in [-0.15, -0.1) is 0 Å². The van der Waals surface area contributed by atoms with Crippen LogP contribution >= 0.6 is 11.6 Å². The second-order valence-electron chi connectivity index (χ2n) is 3.97. The third-order valence-electron chi connectivity index (χ3n) is 2.57. The van der Waals surface area contributed by atoms with E-state index >= 15 is 0 Å². The second-order valence-corrected chi connectivity index (χ2v) is 4.41. The fourth-order valence-corrected chi connectivity index (χ4v) is 1.75. The van der Waals surface area contributed by atoms with Crippen molar-refractivity contribution < 1.29 is 9.85 Å². The Balaban J connectivity index is 2.14. The lowest BCUT2D eigenvalue weighted by Gasteiger charge is -2.10. The SMILES string of the molecule is O=[N+]([O-])c1ccc(NNc2cc(Cl)ccc2[N+](=O)[O-])cc1. The molecule has 2 aromatic carbocycles. The summed E-state index contributed by atoms with van der Waals surface area (Å²) in [5, 5.41) is 21.8. The summed E-state index contributed by atoms with van der Waals surface area (Å²) in [6.07, 6.45) is 0. The molecule has 0 heterocycles. The summed E-state index contributed by atoms with van der Waals surface area (Å²) in [5.74, 6) is 0. The third-order valence-corrected chi connectivity index (χ3v) is 2.81. The summed E-state index contributed by atoms with van der Waals surface area (Å²) in [5.41, 5.74) is 5.87. The smallest absolute Gasteiger partial charge is 0.294 e. The predicted octanol–water partition coefficient (Wildman–Crippen LogP) is 3.60. The van der Waals surface area contributed by atoms with Crippen LogP contribution in [-0.4, -0.2) is 9.85 Å². The molecule has 0 aromatic heterocycles. The number of nitrogens with zero attached hydrogens (tertiary/aromatic N) is 2. The molecule has 2 aromatic rings. The molecule has 0 fully saturated rings. The molecule has 0 radical (unpaired) electrons. The van der Waals surface area contributed by atoms with Gasteiger partial charge >= 0.3 is 0 Å². The number of anilines is 2. The molecular weight excluding hydrogens is 300 g/mol. The Labute approximate surface area is 123 Å². The first-order valence-corrected chi connectivity index (χ1v) is 6.05. The van der Waals surface area contributed by atoms with Crippen molar-refractivity contribution >= 4 is 34.4 Å². The van der Waals surface area contributed by atoms with Crippen molar-refractivity contribution in [1.82, 2.24) is 0 Å². The number of nitrogens with one attached hydrogen (secondary N) is 2. The first kappa shape index (κ1) is 14.5. The number of non-ortho nitro benzene ring substituents is 1. The monoisotopic (exact) mass is 308 g/mol. The largest absolute Gasteiger partial charge is 0.301 e. The molecule has 9 heteroatoms. The molecule has 8 nitrogen and oxygen atoms in total.